The first-order chi connectivity index (χ1) is 6.77. The molecule has 2 aromatic carbocycles. The van der Waals surface area contributed by atoms with E-state index in [1.165, 1.54) is 0 Å². The van der Waals surface area contributed by atoms with E-state index < -0.39 is 6.93 Å². The third-order valence-corrected chi connectivity index (χ3v) is 4.21. The summed E-state index contributed by atoms with van der Waals surface area (Å²) in [5, 5.41) is 2.01. The topological polar surface area (TPSA) is 0 Å². The molecular weight excluding hydrogens is 421 g/mol. The van der Waals surface area contributed by atoms with Crippen molar-refractivity contribution in [1.82, 2.24) is 0 Å². The Morgan fingerprint density at radius 3 is 2.43 bits per heavy atom. The van der Waals surface area contributed by atoms with Crippen molar-refractivity contribution >= 4 is 23.8 Å². The van der Waals surface area contributed by atoms with Gasteiger partial charge in [0, 0.05) is 0 Å². The second-order valence-corrected chi connectivity index (χ2v) is 5.77. The van der Waals surface area contributed by atoms with E-state index in [1.807, 2.05) is 36.4 Å². The first-order valence-electron chi connectivity index (χ1n) is 4.02. The monoisotopic (exact) mass is 426 g/mol. The van der Waals surface area contributed by atoms with Gasteiger partial charge >= 0.3 is 75.0 Å². The fourth-order valence-corrected chi connectivity index (χ4v) is 3.26. The minimum absolute atomic E-state index is 0.831. The Morgan fingerprint density at radius 2 is 1.64 bits per heavy atom. The van der Waals surface area contributed by atoms with E-state index in [0.29, 0.717) is 0 Å². The molecule has 0 saturated carbocycles. The van der Waals surface area contributed by atoms with Gasteiger partial charge in [-0.05, 0) is 0 Å². The molecule has 3 heteroatoms. The third-order valence-electron chi connectivity index (χ3n) is 1.85. The molecule has 0 aliphatic carbocycles. The third kappa shape index (κ3) is 1.33. The van der Waals surface area contributed by atoms with Crippen LogP contribution in [0.5, 0.6) is 0 Å². The SMILES string of the molecule is F[C](F)=[Cf][c]1cccc2ccccc12. The average molecular weight is 428 g/mol. The summed E-state index contributed by atoms with van der Waals surface area (Å²) in [6.07, 6.45) is 0. The van der Waals surface area contributed by atoms with Crippen LogP contribution in [0.25, 0.3) is 10.8 Å². The van der Waals surface area contributed by atoms with Crippen LogP contribution in [0.4, 0.5) is 8.78 Å². The van der Waals surface area contributed by atoms with Crippen molar-refractivity contribution in [1.29, 1.82) is 0 Å². The molecule has 0 atom stereocenters. The van der Waals surface area contributed by atoms with Crippen molar-refractivity contribution in [2.75, 3.05) is 0 Å². The molecule has 0 saturated heterocycles. The van der Waals surface area contributed by atoms with Crippen LogP contribution in [0.1, 0.15) is 0 Å². The zero-order valence-electron chi connectivity index (χ0n) is 7.11. The quantitative estimate of drug-likeness (QED) is 0.656. The van der Waals surface area contributed by atoms with Gasteiger partial charge < -0.3 is 0 Å². The van der Waals surface area contributed by atoms with E-state index >= 15 is 0 Å². The Bertz CT molecular complexity index is 482. The molecule has 75 valence electrons. The zero-order valence-corrected chi connectivity index (χ0v) is 9.75. The predicted octanol–water partition coefficient (Wildman–Crippen LogP) is 2.58. The molecule has 0 fully saturated rings. The summed E-state index contributed by atoms with van der Waals surface area (Å²) in [6.45, 7) is -1.39. The molecule has 0 N–H and O–H groups in total. The average Bonchev–Trinajstić information content (AvgIpc) is 2.18. The summed E-state index contributed by atoms with van der Waals surface area (Å²) in [6, 6.07) is 14.1. The fraction of sp³-hybridized carbons (Fsp3) is 0. The van der Waals surface area contributed by atoms with Gasteiger partial charge in [0.15, 0.2) is 0 Å². The van der Waals surface area contributed by atoms with E-state index in [4.69, 9.17) is 0 Å². The number of rotatable bonds is 1. The van der Waals surface area contributed by atoms with Crippen LogP contribution in [0.15, 0.2) is 42.5 Å². The number of halogens is 2. The van der Waals surface area contributed by atoms with Crippen molar-refractivity contribution in [3.8, 4) is 0 Å². The second-order valence-electron chi connectivity index (χ2n) is 2.70. The van der Waals surface area contributed by atoms with Gasteiger partial charge in [-0.25, -0.2) is 0 Å². The van der Waals surface area contributed by atoms with Crippen molar-refractivity contribution in [3.63, 3.8) is 0 Å². The summed E-state index contributed by atoms with van der Waals surface area (Å²) in [4.78, 5) is 0. The predicted molar refractivity (Wildman–Crippen MR) is 50.8 cm³/mol. The van der Waals surface area contributed by atoms with Crippen LogP contribution in [0.2, 0.25) is 0 Å². The molecule has 0 aliphatic rings. The number of benzene rings is 2. The standard InChI is InChI=1S/C10H7.CF2.Cf/c1-2-6-10-8-4-3-7-9(10)5-1;2-1-3;/h1-7H;;. The van der Waals surface area contributed by atoms with Crippen molar-refractivity contribution < 1.29 is 8.78 Å². The number of fused-ring (bicyclic) bond motifs is 1. The van der Waals surface area contributed by atoms with Crippen LogP contribution < -0.4 is 6.07 Å². The number of hydrogen-bond donors (Lipinski definition) is 0. The molecular formula is C11H7CfF2. The molecule has 0 amide bonds. The van der Waals surface area contributed by atoms with E-state index in [0.717, 1.165) is 16.8 Å². The van der Waals surface area contributed by atoms with E-state index in [1.54, 1.807) is 6.07 Å². The molecule has 0 spiro atoms. The first kappa shape index (κ1) is 8.05. The molecule has 2 rings (SSSR count). The van der Waals surface area contributed by atoms with Crippen molar-refractivity contribution in [2.24, 2.45) is 0 Å². The Balaban J connectivity index is 2.71. The van der Waals surface area contributed by atoms with Crippen LogP contribution in [0, 0.1) is 0 Å². The van der Waals surface area contributed by atoms with Gasteiger partial charge in [0.2, 0.25) is 0 Å². The minimum atomic E-state index is -1.60. The molecule has 0 bridgehead atoms. The summed E-state index contributed by atoms with van der Waals surface area (Å²) < 4.78 is 22.9. The first-order valence-corrected chi connectivity index (χ1v) is 6.65. The second kappa shape index (κ2) is 3.05. The van der Waals surface area contributed by atoms with Gasteiger partial charge in [0.25, 0.3) is 0 Å². The summed E-state index contributed by atoms with van der Waals surface area (Å²) >= 11 is 0. The van der Waals surface area contributed by atoms with Crippen molar-refractivity contribution in [3.05, 3.63) is 42.5 Å². The Labute approximate surface area is 75.8 Å². The molecule has 14 heavy (non-hydrogen) atoms. The van der Waals surface area contributed by atoms with Gasteiger partial charge in [0.1, 0.15) is 0 Å². The summed E-state index contributed by atoms with van der Waals surface area (Å²) in [5.41, 5.74) is 0. The summed E-state index contributed by atoms with van der Waals surface area (Å²) in [7, 11) is 0. The van der Waals surface area contributed by atoms with Gasteiger partial charge in [-0.3, -0.25) is 0 Å². The molecule has 0 nitrogen and oxygen atoms in total. The molecule has 2 aromatic rings. The van der Waals surface area contributed by atoms with Gasteiger partial charge in [-0.1, -0.05) is 0 Å². The van der Waals surface area contributed by atoms with Crippen LogP contribution in [0.3, 0.4) is 0 Å². The van der Waals surface area contributed by atoms with Crippen molar-refractivity contribution in [2.45, 2.75) is 0 Å². The Kier molecular flexibility index (Phi) is 1.75. The molecule has 0 aromatic heterocycles. The maximum absolute atomic E-state index is 12.2. The van der Waals surface area contributed by atoms with E-state index in [9.17, 15) is 8.78 Å². The normalized spacial score (nSPS) is 9.86. The Hall–Kier alpha value is -2.57. The van der Waals surface area contributed by atoms with Crippen LogP contribution in [-0.2, 0) is 0 Å². The fourth-order valence-electron chi connectivity index (χ4n) is 1.30. The molecule has 0 heterocycles. The summed E-state index contributed by atoms with van der Waals surface area (Å²) in [5.74, 6) is 0. The maximum atomic E-state index is 12.2. The zero-order chi connectivity index (χ0) is 9.97. The van der Waals surface area contributed by atoms with Crippen LogP contribution >= 0.6 is 0 Å². The number of hydrogen-bond acceptors (Lipinski definition) is 0. The van der Waals surface area contributed by atoms with E-state index in [2.05, 4.69) is 0 Å². The molecule has 0 aliphatic heterocycles. The van der Waals surface area contributed by atoms with Gasteiger partial charge in [-0.15, -0.1) is 0 Å². The van der Waals surface area contributed by atoms with E-state index in [-0.39, 0.29) is 0 Å². The van der Waals surface area contributed by atoms with Gasteiger partial charge in [0.05, 0.1) is 0 Å². The molecule has 0 radical (unpaired) electrons. The van der Waals surface area contributed by atoms with Crippen LogP contribution in [-0.4, -0.2) is 6.93 Å². The molecule has 0 unspecified atom stereocenters. The van der Waals surface area contributed by atoms with Gasteiger partial charge in [-0.2, -0.15) is 0 Å². The Morgan fingerprint density at radius 1 is 0.929 bits per heavy atom.